The Balaban J connectivity index is 2.09. The largest absolute Gasteiger partial charge is 0.496 e. The third-order valence-corrected chi connectivity index (χ3v) is 4.31. The van der Waals surface area contributed by atoms with E-state index < -0.39 is 0 Å². The lowest BCUT2D eigenvalue weighted by molar-refractivity contribution is 0.0578. The molecule has 1 unspecified atom stereocenters. The summed E-state index contributed by atoms with van der Waals surface area (Å²) < 4.78 is 5.28. The van der Waals surface area contributed by atoms with Gasteiger partial charge in [0.1, 0.15) is 11.3 Å². The van der Waals surface area contributed by atoms with E-state index in [1.54, 1.807) is 25.3 Å². The highest BCUT2D eigenvalue weighted by molar-refractivity contribution is 6.01. The molecule has 1 heterocycles. The van der Waals surface area contributed by atoms with E-state index in [2.05, 4.69) is 18.7 Å². The van der Waals surface area contributed by atoms with E-state index in [0.717, 1.165) is 32.6 Å². The molecule has 2 N–H and O–H groups in total. The maximum atomic E-state index is 12.7. The molecule has 0 radical (unpaired) electrons. The predicted molar refractivity (Wildman–Crippen MR) is 84.6 cm³/mol. The number of carbonyl (C=O) groups is 1. The summed E-state index contributed by atoms with van der Waals surface area (Å²) in [4.78, 5) is 17.0. The van der Waals surface area contributed by atoms with Crippen molar-refractivity contribution in [1.82, 2.24) is 9.80 Å². The average molecular weight is 291 g/mol. The molecule has 1 fully saturated rings. The van der Waals surface area contributed by atoms with Gasteiger partial charge in [-0.1, -0.05) is 13.0 Å². The van der Waals surface area contributed by atoms with E-state index in [1.807, 2.05) is 4.90 Å². The van der Waals surface area contributed by atoms with Gasteiger partial charge in [-0.25, -0.2) is 0 Å². The van der Waals surface area contributed by atoms with Crippen molar-refractivity contribution in [3.05, 3.63) is 23.8 Å². The molecule has 0 saturated carbocycles. The lowest BCUT2D eigenvalue weighted by atomic mass is 10.1. The number of anilines is 1. The summed E-state index contributed by atoms with van der Waals surface area (Å²) in [6.07, 6.45) is 1.13. The van der Waals surface area contributed by atoms with Crippen LogP contribution in [0.4, 0.5) is 5.69 Å². The molecule has 1 saturated heterocycles. The number of piperazine rings is 1. The number of amides is 1. The highest BCUT2D eigenvalue weighted by atomic mass is 16.5. The molecule has 1 aliphatic heterocycles. The van der Waals surface area contributed by atoms with Gasteiger partial charge in [0.05, 0.1) is 7.11 Å². The quantitative estimate of drug-likeness (QED) is 0.860. The second kappa shape index (κ2) is 6.80. The number of nitrogen functional groups attached to an aromatic ring is 1. The van der Waals surface area contributed by atoms with Crippen molar-refractivity contribution in [1.29, 1.82) is 0 Å². The van der Waals surface area contributed by atoms with Crippen LogP contribution in [0.2, 0.25) is 0 Å². The SMILES string of the molecule is CCC(C)N1CCN(C(=O)c2c(N)cccc2OC)CC1. The number of hydrogen-bond acceptors (Lipinski definition) is 4. The number of rotatable bonds is 4. The minimum Gasteiger partial charge on any atom is -0.496 e. The normalized spacial score (nSPS) is 17.6. The van der Waals surface area contributed by atoms with Gasteiger partial charge >= 0.3 is 0 Å². The fraction of sp³-hybridized carbons (Fsp3) is 0.562. The molecule has 5 nitrogen and oxygen atoms in total. The average Bonchev–Trinajstić information content (AvgIpc) is 2.53. The zero-order valence-corrected chi connectivity index (χ0v) is 13.1. The van der Waals surface area contributed by atoms with Crippen LogP contribution in [0.25, 0.3) is 0 Å². The highest BCUT2D eigenvalue weighted by Crippen LogP contribution is 2.26. The van der Waals surface area contributed by atoms with Crippen LogP contribution >= 0.6 is 0 Å². The summed E-state index contributed by atoms with van der Waals surface area (Å²) >= 11 is 0. The Morgan fingerprint density at radius 1 is 1.33 bits per heavy atom. The molecule has 1 aliphatic rings. The fourth-order valence-corrected chi connectivity index (χ4v) is 2.73. The molecule has 0 aromatic heterocycles. The van der Waals surface area contributed by atoms with E-state index in [-0.39, 0.29) is 5.91 Å². The Morgan fingerprint density at radius 3 is 2.57 bits per heavy atom. The number of benzene rings is 1. The van der Waals surface area contributed by atoms with E-state index in [0.29, 0.717) is 23.0 Å². The molecule has 1 aromatic carbocycles. The van der Waals surface area contributed by atoms with Gasteiger partial charge in [0, 0.05) is 37.9 Å². The van der Waals surface area contributed by atoms with Crippen molar-refractivity contribution in [2.75, 3.05) is 39.0 Å². The second-order valence-corrected chi connectivity index (χ2v) is 5.51. The maximum absolute atomic E-state index is 12.7. The minimum absolute atomic E-state index is 0.0336. The van der Waals surface area contributed by atoms with Crippen LogP contribution in [-0.4, -0.2) is 55.0 Å². The van der Waals surface area contributed by atoms with Crippen LogP contribution in [0, 0.1) is 0 Å². The Morgan fingerprint density at radius 2 is 2.00 bits per heavy atom. The van der Waals surface area contributed by atoms with Crippen LogP contribution in [0.5, 0.6) is 5.75 Å². The first-order valence-electron chi connectivity index (χ1n) is 7.54. The van der Waals surface area contributed by atoms with E-state index in [1.165, 1.54) is 0 Å². The van der Waals surface area contributed by atoms with Gasteiger partial charge in [-0.2, -0.15) is 0 Å². The smallest absolute Gasteiger partial charge is 0.259 e. The Kier molecular flexibility index (Phi) is 5.07. The standard InChI is InChI=1S/C16H25N3O2/c1-4-12(2)18-8-10-19(11-9-18)16(20)15-13(17)6-5-7-14(15)21-3/h5-7,12H,4,8-11,17H2,1-3H3. The molecular weight excluding hydrogens is 266 g/mol. The summed E-state index contributed by atoms with van der Waals surface area (Å²) in [5, 5.41) is 0. The number of ether oxygens (including phenoxy) is 1. The van der Waals surface area contributed by atoms with Crippen LogP contribution < -0.4 is 10.5 Å². The lowest BCUT2D eigenvalue weighted by Crippen LogP contribution is -2.51. The monoisotopic (exact) mass is 291 g/mol. The Bertz CT molecular complexity index is 496. The Hall–Kier alpha value is -1.75. The molecule has 116 valence electrons. The summed E-state index contributed by atoms with van der Waals surface area (Å²) in [5.41, 5.74) is 6.92. The molecule has 2 rings (SSSR count). The molecule has 5 heteroatoms. The van der Waals surface area contributed by atoms with Crippen LogP contribution in [0.1, 0.15) is 30.6 Å². The van der Waals surface area contributed by atoms with Crippen molar-refractivity contribution in [3.63, 3.8) is 0 Å². The van der Waals surface area contributed by atoms with Gasteiger partial charge in [0.25, 0.3) is 5.91 Å². The van der Waals surface area contributed by atoms with Crippen molar-refractivity contribution in [2.45, 2.75) is 26.3 Å². The van der Waals surface area contributed by atoms with Crippen LogP contribution in [-0.2, 0) is 0 Å². The van der Waals surface area contributed by atoms with Crippen LogP contribution in [0.15, 0.2) is 18.2 Å². The van der Waals surface area contributed by atoms with Crippen molar-refractivity contribution in [3.8, 4) is 5.75 Å². The number of nitrogens with two attached hydrogens (primary N) is 1. The highest BCUT2D eigenvalue weighted by Gasteiger charge is 2.27. The van der Waals surface area contributed by atoms with Gasteiger partial charge in [-0.3, -0.25) is 9.69 Å². The van der Waals surface area contributed by atoms with Crippen molar-refractivity contribution < 1.29 is 9.53 Å². The second-order valence-electron chi connectivity index (χ2n) is 5.51. The molecule has 0 aliphatic carbocycles. The molecule has 21 heavy (non-hydrogen) atoms. The molecule has 1 aromatic rings. The molecule has 1 atom stereocenters. The van der Waals surface area contributed by atoms with Crippen LogP contribution in [0.3, 0.4) is 0 Å². The summed E-state index contributed by atoms with van der Waals surface area (Å²) in [7, 11) is 1.56. The molecule has 0 spiro atoms. The third-order valence-electron chi connectivity index (χ3n) is 4.31. The molecular formula is C16H25N3O2. The zero-order chi connectivity index (χ0) is 15.4. The van der Waals surface area contributed by atoms with Gasteiger partial charge in [-0.05, 0) is 25.5 Å². The number of nitrogens with zero attached hydrogens (tertiary/aromatic N) is 2. The van der Waals surface area contributed by atoms with E-state index >= 15 is 0 Å². The minimum atomic E-state index is -0.0336. The van der Waals surface area contributed by atoms with Gasteiger partial charge in [0.2, 0.25) is 0 Å². The topological polar surface area (TPSA) is 58.8 Å². The maximum Gasteiger partial charge on any atom is 0.259 e. The first-order chi connectivity index (χ1) is 10.1. The number of methoxy groups -OCH3 is 1. The lowest BCUT2D eigenvalue weighted by Gasteiger charge is -2.38. The predicted octanol–water partition coefficient (Wildman–Crippen LogP) is 1.83. The first-order valence-corrected chi connectivity index (χ1v) is 7.54. The first kappa shape index (κ1) is 15.6. The van der Waals surface area contributed by atoms with Crippen molar-refractivity contribution in [2.24, 2.45) is 0 Å². The Labute approximate surface area is 126 Å². The fourth-order valence-electron chi connectivity index (χ4n) is 2.73. The zero-order valence-electron chi connectivity index (χ0n) is 13.1. The third kappa shape index (κ3) is 3.29. The van der Waals surface area contributed by atoms with Gasteiger partial charge < -0.3 is 15.4 Å². The van der Waals surface area contributed by atoms with E-state index in [4.69, 9.17) is 10.5 Å². The summed E-state index contributed by atoms with van der Waals surface area (Å²) in [5.74, 6) is 0.512. The molecule has 0 bridgehead atoms. The number of carbonyl (C=O) groups excluding carboxylic acids is 1. The summed E-state index contributed by atoms with van der Waals surface area (Å²) in [6.45, 7) is 7.72. The molecule has 1 amide bonds. The van der Waals surface area contributed by atoms with Gasteiger partial charge in [-0.15, -0.1) is 0 Å². The van der Waals surface area contributed by atoms with Gasteiger partial charge in [0.15, 0.2) is 0 Å². The summed E-state index contributed by atoms with van der Waals surface area (Å²) in [6, 6.07) is 5.88. The van der Waals surface area contributed by atoms with E-state index in [9.17, 15) is 4.79 Å². The van der Waals surface area contributed by atoms with Crippen molar-refractivity contribution >= 4 is 11.6 Å². The number of hydrogen-bond donors (Lipinski definition) is 1.